The normalized spacial score (nSPS) is 11.6. The molecular formula is C9H8N4OS. The van der Waals surface area contributed by atoms with Crippen LogP contribution in [0.5, 0.6) is 0 Å². The molecule has 0 saturated carbocycles. The maximum atomic E-state index is 8.49. The Morgan fingerprint density at radius 1 is 1.40 bits per heavy atom. The van der Waals surface area contributed by atoms with Crippen LogP contribution in [0.2, 0.25) is 0 Å². The molecule has 0 fully saturated rings. The largest absolute Gasteiger partial charge is 0.409 e. The summed E-state index contributed by atoms with van der Waals surface area (Å²) in [4.78, 5) is 8.92. The Bertz CT molecular complexity index is 480. The Morgan fingerprint density at radius 3 is 2.93 bits per heavy atom. The first kappa shape index (κ1) is 9.60. The highest BCUT2D eigenvalue weighted by Gasteiger charge is 2.07. The maximum absolute atomic E-state index is 8.49. The molecule has 2 heterocycles. The second-order valence-corrected chi connectivity index (χ2v) is 3.76. The third-order valence-electron chi connectivity index (χ3n) is 1.75. The zero-order chi connectivity index (χ0) is 10.7. The van der Waals surface area contributed by atoms with Crippen molar-refractivity contribution in [1.29, 1.82) is 0 Å². The molecule has 0 aliphatic heterocycles. The predicted octanol–water partition coefficient (Wildman–Crippen LogP) is 1.30. The Morgan fingerprint density at radius 2 is 2.27 bits per heavy atom. The third kappa shape index (κ3) is 1.94. The molecule has 0 atom stereocenters. The SMILES string of the molecule is N/C(=N\O)c1cnc(-c2ccccn2)s1. The van der Waals surface area contributed by atoms with Gasteiger partial charge >= 0.3 is 0 Å². The van der Waals surface area contributed by atoms with E-state index in [-0.39, 0.29) is 5.84 Å². The lowest BCUT2D eigenvalue weighted by Gasteiger charge is -1.92. The van der Waals surface area contributed by atoms with Crippen LogP contribution in [-0.2, 0) is 0 Å². The molecule has 2 aromatic rings. The van der Waals surface area contributed by atoms with Gasteiger partial charge in [0.05, 0.1) is 10.6 Å². The molecule has 2 aromatic heterocycles. The minimum absolute atomic E-state index is 0.0645. The summed E-state index contributed by atoms with van der Waals surface area (Å²) < 4.78 is 0. The van der Waals surface area contributed by atoms with Crippen molar-refractivity contribution in [3.63, 3.8) is 0 Å². The molecule has 3 N–H and O–H groups in total. The first-order chi connectivity index (χ1) is 7.31. The average Bonchev–Trinajstić information content (AvgIpc) is 2.78. The van der Waals surface area contributed by atoms with Crippen LogP contribution < -0.4 is 5.73 Å². The number of pyridine rings is 1. The van der Waals surface area contributed by atoms with Gasteiger partial charge in [-0.3, -0.25) is 4.98 Å². The van der Waals surface area contributed by atoms with Crippen LogP contribution in [0.25, 0.3) is 10.7 Å². The number of thiazole rings is 1. The maximum Gasteiger partial charge on any atom is 0.181 e. The molecule has 0 bridgehead atoms. The first-order valence-electron chi connectivity index (χ1n) is 4.16. The number of nitrogens with two attached hydrogens (primary N) is 1. The summed E-state index contributed by atoms with van der Waals surface area (Å²) in [5.41, 5.74) is 6.21. The van der Waals surface area contributed by atoms with Gasteiger partial charge in [-0.05, 0) is 12.1 Å². The summed E-state index contributed by atoms with van der Waals surface area (Å²) in [6.07, 6.45) is 3.25. The van der Waals surface area contributed by atoms with Crippen LogP contribution in [0.4, 0.5) is 0 Å². The standard InChI is InChI=1S/C9H8N4OS/c10-8(13-14)7-5-12-9(15-7)6-3-1-2-4-11-6/h1-5,14H,(H2,10,13). The lowest BCUT2D eigenvalue weighted by atomic mass is 10.4. The van der Waals surface area contributed by atoms with Crippen molar-refractivity contribution in [3.8, 4) is 10.7 Å². The predicted molar refractivity (Wildman–Crippen MR) is 57.9 cm³/mol. The minimum atomic E-state index is 0.0645. The number of oxime groups is 1. The van der Waals surface area contributed by atoms with E-state index < -0.39 is 0 Å². The molecular weight excluding hydrogens is 212 g/mol. The fourth-order valence-corrected chi connectivity index (χ4v) is 1.84. The molecule has 6 heteroatoms. The van der Waals surface area contributed by atoms with Gasteiger partial charge in [-0.1, -0.05) is 11.2 Å². The number of hydrogen-bond acceptors (Lipinski definition) is 5. The second kappa shape index (κ2) is 4.05. The Kier molecular flexibility index (Phi) is 2.59. The van der Waals surface area contributed by atoms with E-state index in [1.807, 2.05) is 18.2 Å². The molecule has 2 rings (SSSR count). The fraction of sp³-hybridized carbons (Fsp3) is 0. The van der Waals surface area contributed by atoms with Gasteiger partial charge in [-0.2, -0.15) is 0 Å². The number of amidine groups is 1. The molecule has 0 saturated heterocycles. The molecule has 0 amide bonds. The molecule has 0 unspecified atom stereocenters. The summed E-state index contributed by atoms with van der Waals surface area (Å²) in [5.74, 6) is 0.0645. The van der Waals surface area contributed by atoms with Gasteiger partial charge in [0.1, 0.15) is 5.01 Å². The van der Waals surface area contributed by atoms with Crippen molar-refractivity contribution < 1.29 is 5.21 Å². The van der Waals surface area contributed by atoms with E-state index in [9.17, 15) is 0 Å². The first-order valence-corrected chi connectivity index (χ1v) is 4.98. The molecule has 5 nitrogen and oxygen atoms in total. The highest BCUT2D eigenvalue weighted by atomic mass is 32.1. The van der Waals surface area contributed by atoms with Crippen molar-refractivity contribution >= 4 is 17.2 Å². The summed E-state index contributed by atoms with van der Waals surface area (Å²) in [5, 5.41) is 12.2. The smallest absolute Gasteiger partial charge is 0.181 e. The Labute approximate surface area is 89.9 Å². The van der Waals surface area contributed by atoms with Crippen molar-refractivity contribution in [1.82, 2.24) is 9.97 Å². The highest BCUT2D eigenvalue weighted by molar-refractivity contribution is 7.16. The number of rotatable bonds is 2. The summed E-state index contributed by atoms with van der Waals surface area (Å²) in [6, 6.07) is 5.57. The van der Waals surface area contributed by atoms with Gasteiger partial charge in [0, 0.05) is 12.4 Å². The van der Waals surface area contributed by atoms with Gasteiger partial charge < -0.3 is 10.9 Å². The van der Waals surface area contributed by atoms with E-state index in [0.29, 0.717) is 4.88 Å². The second-order valence-electron chi connectivity index (χ2n) is 2.73. The van der Waals surface area contributed by atoms with Crippen LogP contribution in [0.3, 0.4) is 0 Å². The summed E-state index contributed by atoms with van der Waals surface area (Å²) in [7, 11) is 0. The number of aromatic nitrogens is 2. The summed E-state index contributed by atoms with van der Waals surface area (Å²) in [6.45, 7) is 0. The van der Waals surface area contributed by atoms with Gasteiger partial charge in [-0.15, -0.1) is 11.3 Å². The fourth-order valence-electron chi connectivity index (χ4n) is 1.05. The topological polar surface area (TPSA) is 84.4 Å². The molecule has 0 spiro atoms. The number of nitrogens with zero attached hydrogens (tertiary/aromatic N) is 3. The molecule has 0 aliphatic carbocycles. The van der Waals surface area contributed by atoms with E-state index in [1.54, 1.807) is 12.4 Å². The van der Waals surface area contributed by atoms with Gasteiger partial charge in [-0.25, -0.2) is 4.98 Å². The van der Waals surface area contributed by atoms with E-state index in [4.69, 9.17) is 10.9 Å². The van der Waals surface area contributed by atoms with E-state index in [0.717, 1.165) is 10.7 Å². The van der Waals surface area contributed by atoms with Crippen molar-refractivity contribution in [2.75, 3.05) is 0 Å². The van der Waals surface area contributed by atoms with Crippen LogP contribution in [0, 0.1) is 0 Å². The molecule has 15 heavy (non-hydrogen) atoms. The molecule has 0 aliphatic rings. The Balaban J connectivity index is 2.36. The third-order valence-corrected chi connectivity index (χ3v) is 2.79. The van der Waals surface area contributed by atoms with Crippen LogP contribution in [0.1, 0.15) is 4.88 Å². The van der Waals surface area contributed by atoms with Crippen molar-refractivity contribution in [2.24, 2.45) is 10.9 Å². The number of hydrogen-bond donors (Lipinski definition) is 2. The van der Waals surface area contributed by atoms with Crippen molar-refractivity contribution in [2.45, 2.75) is 0 Å². The van der Waals surface area contributed by atoms with Gasteiger partial charge in [0.25, 0.3) is 0 Å². The van der Waals surface area contributed by atoms with Crippen LogP contribution in [-0.4, -0.2) is 21.0 Å². The monoisotopic (exact) mass is 220 g/mol. The van der Waals surface area contributed by atoms with E-state index >= 15 is 0 Å². The minimum Gasteiger partial charge on any atom is -0.409 e. The lowest BCUT2D eigenvalue weighted by molar-refractivity contribution is 0.319. The highest BCUT2D eigenvalue weighted by Crippen LogP contribution is 2.22. The van der Waals surface area contributed by atoms with E-state index in [1.165, 1.54) is 11.3 Å². The summed E-state index contributed by atoms with van der Waals surface area (Å²) >= 11 is 1.33. The zero-order valence-electron chi connectivity index (χ0n) is 7.66. The molecule has 0 radical (unpaired) electrons. The average molecular weight is 220 g/mol. The zero-order valence-corrected chi connectivity index (χ0v) is 8.48. The van der Waals surface area contributed by atoms with Crippen LogP contribution in [0.15, 0.2) is 35.7 Å². The van der Waals surface area contributed by atoms with Gasteiger partial charge in [0.2, 0.25) is 0 Å². The van der Waals surface area contributed by atoms with Crippen molar-refractivity contribution in [3.05, 3.63) is 35.5 Å². The molecule has 0 aromatic carbocycles. The van der Waals surface area contributed by atoms with Gasteiger partial charge in [0.15, 0.2) is 5.84 Å². The molecule has 76 valence electrons. The Hall–Kier alpha value is -1.95. The van der Waals surface area contributed by atoms with Crippen LogP contribution >= 0.6 is 11.3 Å². The lowest BCUT2D eigenvalue weighted by Crippen LogP contribution is -2.10. The van der Waals surface area contributed by atoms with E-state index in [2.05, 4.69) is 15.1 Å². The quantitative estimate of drug-likeness (QED) is 0.346.